The molecule has 1 amide bonds. The number of rotatable bonds is 4. The molecule has 0 aliphatic rings. The first-order valence-corrected chi connectivity index (χ1v) is 8.43. The first-order valence-electron chi connectivity index (χ1n) is 7.18. The van der Waals surface area contributed by atoms with E-state index in [-0.39, 0.29) is 12.3 Å². The van der Waals surface area contributed by atoms with Crippen LogP contribution >= 0.6 is 22.9 Å². The second-order valence-electron chi connectivity index (χ2n) is 5.19. The molecule has 24 heavy (non-hydrogen) atoms. The van der Waals surface area contributed by atoms with Crippen molar-refractivity contribution in [2.45, 2.75) is 6.42 Å². The third-order valence-electron chi connectivity index (χ3n) is 3.50. The van der Waals surface area contributed by atoms with Gasteiger partial charge in [-0.2, -0.15) is 0 Å². The van der Waals surface area contributed by atoms with Crippen LogP contribution in [0.1, 0.15) is 5.69 Å². The average molecular weight is 358 g/mol. The second kappa shape index (κ2) is 6.10. The molecule has 0 spiro atoms. The van der Waals surface area contributed by atoms with Crippen LogP contribution in [0.5, 0.6) is 0 Å². The summed E-state index contributed by atoms with van der Waals surface area (Å²) >= 11 is 7.83. The average Bonchev–Trinajstić information content (AvgIpc) is 3.23. The van der Waals surface area contributed by atoms with Gasteiger partial charge in [0.25, 0.3) is 0 Å². The lowest BCUT2D eigenvalue weighted by molar-refractivity contribution is -0.115. The lowest BCUT2D eigenvalue weighted by Gasteiger charge is -2.09. The zero-order valence-electron chi connectivity index (χ0n) is 12.4. The number of aromatic nitrogens is 4. The smallest absolute Gasteiger partial charge is 0.230 e. The van der Waals surface area contributed by atoms with E-state index in [2.05, 4.69) is 15.3 Å². The molecule has 0 unspecified atom stereocenters. The minimum absolute atomic E-state index is 0.132. The molecule has 0 aliphatic carbocycles. The number of halogens is 1. The Balaban J connectivity index is 1.47. The van der Waals surface area contributed by atoms with Gasteiger partial charge in [0.1, 0.15) is 0 Å². The van der Waals surface area contributed by atoms with Gasteiger partial charge in [-0.15, -0.1) is 11.3 Å². The number of nitrogens with one attached hydrogen (secondary N) is 1. The lowest BCUT2D eigenvalue weighted by Crippen LogP contribution is -2.14. The first kappa shape index (κ1) is 14.9. The highest BCUT2D eigenvalue weighted by Gasteiger charge is 2.10. The topological polar surface area (TPSA) is 64.2 Å². The monoisotopic (exact) mass is 357 g/mol. The molecule has 0 atom stereocenters. The van der Waals surface area contributed by atoms with Crippen molar-refractivity contribution in [3.05, 3.63) is 65.4 Å². The summed E-state index contributed by atoms with van der Waals surface area (Å²) in [6.07, 6.45) is 9.16. The van der Waals surface area contributed by atoms with Crippen molar-refractivity contribution in [3.8, 4) is 5.69 Å². The number of carbonyl (C=O) groups is 1. The normalized spacial score (nSPS) is 11.0. The molecule has 8 heteroatoms. The molecule has 6 nitrogen and oxygen atoms in total. The summed E-state index contributed by atoms with van der Waals surface area (Å²) < 4.78 is 3.72. The number of thiazole rings is 1. The van der Waals surface area contributed by atoms with Crippen LogP contribution in [0.4, 0.5) is 5.69 Å². The van der Waals surface area contributed by atoms with Crippen LogP contribution in [0.25, 0.3) is 10.6 Å². The molecule has 3 heterocycles. The fourth-order valence-corrected chi connectivity index (χ4v) is 3.42. The summed E-state index contributed by atoms with van der Waals surface area (Å²) in [7, 11) is 0. The van der Waals surface area contributed by atoms with Gasteiger partial charge in [-0.3, -0.25) is 9.20 Å². The largest absolute Gasteiger partial charge is 0.326 e. The number of fused-ring (bicyclic) bond motifs is 1. The second-order valence-corrected chi connectivity index (χ2v) is 6.47. The minimum Gasteiger partial charge on any atom is -0.326 e. The maximum Gasteiger partial charge on any atom is 0.230 e. The summed E-state index contributed by atoms with van der Waals surface area (Å²) in [5, 5.41) is 5.34. The summed E-state index contributed by atoms with van der Waals surface area (Å²) in [4.78, 5) is 21.5. The standard InChI is InChI=1S/C16H12ClN5OS/c17-13-7-11(1-2-14(13)22-4-3-18-10-22)19-15(23)8-12-9-21-5-6-24-16(21)20-12/h1-7,9-10H,8H2,(H,19,23). The molecule has 0 saturated carbocycles. The van der Waals surface area contributed by atoms with Gasteiger partial charge >= 0.3 is 0 Å². The Hall–Kier alpha value is -2.64. The van der Waals surface area contributed by atoms with Gasteiger partial charge in [0.2, 0.25) is 5.91 Å². The molecule has 0 fully saturated rings. The van der Waals surface area contributed by atoms with Crippen molar-refractivity contribution in [1.82, 2.24) is 18.9 Å². The number of imidazole rings is 2. The highest BCUT2D eigenvalue weighted by atomic mass is 35.5. The van der Waals surface area contributed by atoms with E-state index < -0.39 is 0 Å². The van der Waals surface area contributed by atoms with Gasteiger partial charge in [-0.1, -0.05) is 11.6 Å². The van der Waals surface area contributed by atoms with Crippen molar-refractivity contribution >= 4 is 39.5 Å². The third-order valence-corrected chi connectivity index (χ3v) is 4.57. The Kier molecular flexibility index (Phi) is 3.79. The summed E-state index contributed by atoms with van der Waals surface area (Å²) in [5.74, 6) is -0.132. The highest BCUT2D eigenvalue weighted by molar-refractivity contribution is 7.15. The molecular formula is C16H12ClN5OS. The van der Waals surface area contributed by atoms with Crippen LogP contribution in [0.15, 0.2) is 54.7 Å². The van der Waals surface area contributed by atoms with Gasteiger partial charge in [0.05, 0.1) is 29.2 Å². The molecule has 0 saturated heterocycles. The number of carbonyl (C=O) groups excluding carboxylic acids is 1. The Labute approximate surface area is 146 Å². The van der Waals surface area contributed by atoms with Crippen LogP contribution in [-0.2, 0) is 11.2 Å². The van der Waals surface area contributed by atoms with Gasteiger partial charge in [0, 0.05) is 35.9 Å². The molecule has 4 aromatic rings. The van der Waals surface area contributed by atoms with E-state index in [1.165, 1.54) is 11.3 Å². The van der Waals surface area contributed by atoms with Crippen LogP contribution in [-0.4, -0.2) is 24.8 Å². The van der Waals surface area contributed by atoms with Crippen molar-refractivity contribution < 1.29 is 4.79 Å². The molecule has 4 rings (SSSR count). The number of benzene rings is 1. The van der Waals surface area contributed by atoms with Crippen molar-refractivity contribution in [3.63, 3.8) is 0 Å². The zero-order chi connectivity index (χ0) is 16.5. The molecule has 1 aromatic carbocycles. The van der Waals surface area contributed by atoms with E-state index in [0.29, 0.717) is 10.7 Å². The van der Waals surface area contributed by atoms with Crippen molar-refractivity contribution in [2.24, 2.45) is 0 Å². The van der Waals surface area contributed by atoms with Gasteiger partial charge < -0.3 is 9.88 Å². The van der Waals surface area contributed by atoms with E-state index in [1.54, 1.807) is 18.6 Å². The number of amides is 1. The number of anilines is 1. The fourth-order valence-electron chi connectivity index (χ4n) is 2.43. The molecular weight excluding hydrogens is 346 g/mol. The van der Waals surface area contributed by atoms with Crippen molar-refractivity contribution in [2.75, 3.05) is 5.32 Å². The van der Waals surface area contributed by atoms with Gasteiger partial charge in [-0.25, -0.2) is 9.97 Å². The summed E-state index contributed by atoms with van der Waals surface area (Å²) in [6, 6.07) is 5.37. The highest BCUT2D eigenvalue weighted by Crippen LogP contribution is 2.24. The molecule has 3 aromatic heterocycles. The quantitative estimate of drug-likeness (QED) is 0.608. The van der Waals surface area contributed by atoms with Crippen LogP contribution in [0.3, 0.4) is 0 Å². The maximum atomic E-state index is 12.2. The van der Waals surface area contributed by atoms with Crippen LogP contribution in [0, 0.1) is 0 Å². The number of nitrogens with zero attached hydrogens (tertiary/aromatic N) is 4. The van der Waals surface area contributed by atoms with E-state index in [4.69, 9.17) is 11.6 Å². The molecule has 120 valence electrons. The summed E-state index contributed by atoms with van der Waals surface area (Å²) in [6.45, 7) is 0. The number of hydrogen-bond acceptors (Lipinski definition) is 4. The van der Waals surface area contributed by atoms with Crippen molar-refractivity contribution in [1.29, 1.82) is 0 Å². The lowest BCUT2D eigenvalue weighted by atomic mass is 10.2. The molecule has 0 bridgehead atoms. The van der Waals surface area contributed by atoms with Crippen LogP contribution in [0.2, 0.25) is 5.02 Å². The SMILES string of the molecule is O=C(Cc1cn2ccsc2n1)Nc1ccc(-n2ccnc2)c(Cl)c1. The molecule has 1 N–H and O–H groups in total. The predicted molar refractivity (Wildman–Crippen MR) is 94.0 cm³/mol. The Bertz CT molecular complexity index is 976. The summed E-state index contributed by atoms with van der Waals surface area (Å²) in [5.41, 5.74) is 2.19. The van der Waals surface area contributed by atoms with E-state index in [1.807, 2.05) is 45.1 Å². The Morgan fingerprint density at radius 2 is 2.25 bits per heavy atom. The predicted octanol–water partition coefficient (Wildman–Crippen LogP) is 3.42. The molecule has 0 radical (unpaired) electrons. The van der Waals surface area contributed by atoms with E-state index in [0.717, 1.165) is 16.3 Å². The fraction of sp³-hybridized carbons (Fsp3) is 0.0625. The maximum absolute atomic E-state index is 12.2. The van der Waals surface area contributed by atoms with E-state index >= 15 is 0 Å². The van der Waals surface area contributed by atoms with Crippen LogP contribution < -0.4 is 5.32 Å². The Morgan fingerprint density at radius 1 is 1.33 bits per heavy atom. The molecule has 0 aliphatic heterocycles. The Morgan fingerprint density at radius 3 is 3.00 bits per heavy atom. The number of hydrogen-bond donors (Lipinski definition) is 1. The zero-order valence-corrected chi connectivity index (χ0v) is 14.0. The van der Waals surface area contributed by atoms with E-state index in [9.17, 15) is 4.79 Å². The third kappa shape index (κ3) is 2.91. The van der Waals surface area contributed by atoms with Gasteiger partial charge in [-0.05, 0) is 18.2 Å². The minimum atomic E-state index is -0.132. The van der Waals surface area contributed by atoms with Gasteiger partial charge in [0.15, 0.2) is 4.96 Å². The first-order chi connectivity index (χ1) is 11.7.